The Balaban J connectivity index is 2.07. The number of halogens is 2. The molecule has 0 bridgehead atoms. The molecule has 2 aromatic carbocycles. The van der Waals surface area contributed by atoms with E-state index in [1.807, 2.05) is 31.2 Å². The number of benzene rings is 2. The topological polar surface area (TPSA) is 38.3 Å². The minimum Gasteiger partial charge on any atom is -0.483 e. The van der Waals surface area contributed by atoms with E-state index in [1.165, 1.54) is 0 Å². The molecular weight excluding hydrogens is 378 g/mol. The third kappa shape index (κ3) is 4.72. The number of anilines is 1. The van der Waals surface area contributed by atoms with Gasteiger partial charge >= 0.3 is 0 Å². The molecule has 0 aliphatic rings. The van der Waals surface area contributed by atoms with Crippen molar-refractivity contribution in [1.82, 2.24) is 0 Å². The van der Waals surface area contributed by atoms with E-state index in [4.69, 9.17) is 16.3 Å². The van der Waals surface area contributed by atoms with Gasteiger partial charge in [0.25, 0.3) is 5.91 Å². The van der Waals surface area contributed by atoms with Crippen LogP contribution in [0.15, 0.2) is 40.9 Å². The largest absolute Gasteiger partial charge is 0.483 e. The quantitative estimate of drug-likeness (QED) is 0.719. The lowest BCUT2D eigenvalue weighted by molar-refractivity contribution is -0.118. The van der Waals surface area contributed by atoms with Gasteiger partial charge in [0, 0.05) is 4.47 Å². The highest BCUT2D eigenvalue weighted by atomic mass is 79.9. The van der Waals surface area contributed by atoms with Crippen LogP contribution in [-0.2, 0) is 4.79 Å². The first-order valence-electron chi connectivity index (χ1n) is 7.35. The summed E-state index contributed by atoms with van der Waals surface area (Å²) in [5, 5.41) is 3.25. The molecule has 122 valence electrons. The van der Waals surface area contributed by atoms with Gasteiger partial charge in [-0.3, -0.25) is 4.79 Å². The highest BCUT2D eigenvalue weighted by molar-refractivity contribution is 9.10. The highest BCUT2D eigenvalue weighted by Crippen LogP contribution is 2.32. The van der Waals surface area contributed by atoms with Crippen molar-refractivity contribution in [2.45, 2.75) is 26.7 Å². The number of ether oxygens (including phenoxy) is 1. The monoisotopic (exact) mass is 395 g/mol. The molecule has 0 aliphatic heterocycles. The van der Waals surface area contributed by atoms with Crippen LogP contribution in [0.4, 0.5) is 5.69 Å². The van der Waals surface area contributed by atoms with E-state index < -0.39 is 0 Å². The molecule has 0 spiro atoms. The summed E-state index contributed by atoms with van der Waals surface area (Å²) in [5.74, 6) is 0.789. The second-order valence-corrected chi connectivity index (χ2v) is 6.87. The molecule has 0 aromatic heterocycles. The van der Waals surface area contributed by atoms with Crippen molar-refractivity contribution in [3.8, 4) is 5.75 Å². The van der Waals surface area contributed by atoms with Gasteiger partial charge in [-0.05, 0) is 48.2 Å². The second kappa shape index (κ2) is 7.84. The third-order valence-electron chi connectivity index (χ3n) is 3.42. The standard InChI is InChI=1S/C18H19BrClNO2/c1-11(2)13-9-14(19)12(3)8-17(13)23-10-18(22)21-16-7-5-4-6-15(16)20/h4-9,11H,10H2,1-3H3,(H,21,22). The zero-order chi connectivity index (χ0) is 17.0. The van der Waals surface area contributed by atoms with Crippen LogP contribution in [0.5, 0.6) is 5.75 Å². The second-order valence-electron chi connectivity index (χ2n) is 5.61. The number of hydrogen-bond donors (Lipinski definition) is 1. The maximum Gasteiger partial charge on any atom is 0.262 e. The average molecular weight is 397 g/mol. The average Bonchev–Trinajstić information content (AvgIpc) is 2.50. The van der Waals surface area contributed by atoms with Gasteiger partial charge in [0.1, 0.15) is 5.75 Å². The Morgan fingerprint density at radius 3 is 2.65 bits per heavy atom. The smallest absolute Gasteiger partial charge is 0.262 e. The lowest BCUT2D eigenvalue weighted by Gasteiger charge is -2.16. The molecule has 0 heterocycles. The van der Waals surface area contributed by atoms with E-state index in [2.05, 4.69) is 35.1 Å². The number of nitrogens with one attached hydrogen (secondary N) is 1. The Hall–Kier alpha value is -1.52. The van der Waals surface area contributed by atoms with Crippen LogP contribution in [0.1, 0.15) is 30.9 Å². The number of rotatable bonds is 5. The number of para-hydroxylation sites is 1. The van der Waals surface area contributed by atoms with E-state index in [0.29, 0.717) is 16.6 Å². The lowest BCUT2D eigenvalue weighted by Crippen LogP contribution is -2.20. The SMILES string of the molecule is Cc1cc(OCC(=O)Nc2ccccc2Cl)c(C(C)C)cc1Br. The first kappa shape index (κ1) is 17.8. The van der Waals surface area contributed by atoms with Gasteiger partial charge in [0.05, 0.1) is 10.7 Å². The van der Waals surface area contributed by atoms with Crippen molar-refractivity contribution in [1.29, 1.82) is 0 Å². The van der Waals surface area contributed by atoms with Gasteiger partial charge in [-0.25, -0.2) is 0 Å². The van der Waals surface area contributed by atoms with Crippen molar-refractivity contribution >= 4 is 39.1 Å². The van der Waals surface area contributed by atoms with E-state index in [-0.39, 0.29) is 12.5 Å². The Bertz CT molecular complexity index is 716. The normalized spacial score (nSPS) is 10.7. The van der Waals surface area contributed by atoms with Crippen LogP contribution in [0, 0.1) is 6.92 Å². The molecule has 0 unspecified atom stereocenters. The van der Waals surface area contributed by atoms with Crippen LogP contribution >= 0.6 is 27.5 Å². The molecule has 0 radical (unpaired) electrons. The van der Waals surface area contributed by atoms with Gasteiger partial charge in [-0.15, -0.1) is 0 Å². The van der Waals surface area contributed by atoms with E-state index in [0.717, 1.165) is 21.3 Å². The van der Waals surface area contributed by atoms with E-state index >= 15 is 0 Å². The number of carbonyl (C=O) groups is 1. The van der Waals surface area contributed by atoms with Gasteiger partial charge in [0.2, 0.25) is 0 Å². The molecule has 5 heteroatoms. The minimum atomic E-state index is -0.242. The summed E-state index contributed by atoms with van der Waals surface area (Å²) in [6.07, 6.45) is 0. The molecule has 0 saturated carbocycles. The maximum atomic E-state index is 12.1. The van der Waals surface area contributed by atoms with Crippen molar-refractivity contribution < 1.29 is 9.53 Å². The van der Waals surface area contributed by atoms with Crippen LogP contribution in [0.25, 0.3) is 0 Å². The van der Waals surface area contributed by atoms with Gasteiger partial charge in [-0.1, -0.05) is 53.5 Å². The summed E-state index contributed by atoms with van der Waals surface area (Å²) in [7, 11) is 0. The minimum absolute atomic E-state index is 0.0635. The number of aryl methyl sites for hydroxylation is 1. The maximum absolute atomic E-state index is 12.1. The molecule has 1 N–H and O–H groups in total. The van der Waals surface area contributed by atoms with Crippen LogP contribution in [-0.4, -0.2) is 12.5 Å². The van der Waals surface area contributed by atoms with E-state index in [9.17, 15) is 4.79 Å². The summed E-state index contributed by atoms with van der Waals surface area (Å²) in [4.78, 5) is 12.1. The predicted molar refractivity (Wildman–Crippen MR) is 98.5 cm³/mol. The molecule has 2 rings (SSSR count). The first-order valence-corrected chi connectivity index (χ1v) is 8.52. The van der Waals surface area contributed by atoms with Crippen molar-refractivity contribution in [3.63, 3.8) is 0 Å². The summed E-state index contributed by atoms with van der Waals surface area (Å²) >= 11 is 9.56. The van der Waals surface area contributed by atoms with Crippen molar-refractivity contribution in [3.05, 3.63) is 57.0 Å². The third-order valence-corrected chi connectivity index (χ3v) is 4.60. The number of amides is 1. The zero-order valence-electron chi connectivity index (χ0n) is 13.3. The Labute approximate surface area is 150 Å². The summed E-state index contributed by atoms with van der Waals surface area (Å²) < 4.78 is 6.77. The van der Waals surface area contributed by atoms with Crippen LogP contribution < -0.4 is 10.1 Å². The predicted octanol–water partition coefficient (Wildman–Crippen LogP) is 5.55. The molecule has 0 saturated heterocycles. The van der Waals surface area contributed by atoms with Gasteiger partial charge < -0.3 is 10.1 Å². The van der Waals surface area contributed by atoms with Crippen LogP contribution in [0.3, 0.4) is 0 Å². The fraction of sp³-hybridized carbons (Fsp3) is 0.278. The molecule has 0 fully saturated rings. The molecular formula is C18H19BrClNO2. The molecule has 0 aliphatic carbocycles. The lowest BCUT2D eigenvalue weighted by atomic mass is 10.0. The zero-order valence-corrected chi connectivity index (χ0v) is 15.7. The summed E-state index contributed by atoms with van der Waals surface area (Å²) in [6.45, 7) is 6.11. The Morgan fingerprint density at radius 2 is 2.00 bits per heavy atom. The fourth-order valence-electron chi connectivity index (χ4n) is 2.14. The first-order chi connectivity index (χ1) is 10.9. The number of carbonyl (C=O) groups excluding carboxylic acids is 1. The summed E-state index contributed by atoms with van der Waals surface area (Å²) in [5.41, 5.74) is 2.71. The fourth-order valence-corrected chi connectivity index (χ4v) is 2.68. The number of hydrogen-bond acceptors (Lipinski definition) is 2. The Kier molecular flexibility index (Phi) is 6.08. The summed E-state index contributed by atoms with van der Waals surface area (Å²) in [6, 6.07) is 11.1. The van der Waals surface area contributed by atoms with Crippen LogP contribution in [0.2, 0.25) is 5.02 Å². The van der Waals surface area contributed by atoms with Gasteiger partial charge in [0.15, 0.2) is 6.61 Å². The Morgan fingerprint density at radius 1 is 1.30 bits per heavy atom. The van der Waals surface area contributed by atoms with Gasteiger partial charge in [-0.2, -0.15) is 0 Å². The van der Waals surface area contributed by atoms with Crippen molar-refractivity contribution in [2.24, 2.45) is 0 Å². The molecule has 1 amide bonds. The molecule has 3 nitrogen and oxygen atoms in total. The van der Waals surface area contributed by atoms with E-state index in [1.54, 1.807) is 12.1 Å². The highest BCUT2D eigenvalue weighted by Gasteiger charge is 2.13. The molecule has 23 heavy (non-hydrogen) atoms. The van der Waals surface area contributed by atoms with Crippen molar-refractivity contribution in [2.75, 3.05) is 11.9 Å². The molecule has 0 atom stereocenters. The molecule has 2 aromatic rings.